The van der Waals surface area contributed by atoms with Crippen LogP contribution in [0.15, 0.2) is 55.1 Å². The minimum Gasteiger partial charge on any atom is -0.490 e. The van der Waals surface area contributed by atoms with Crippen molar-refractivity contribution < 1.29 is 19.1 Å². The molecule has 0 aliphatic rings. The second-order valence-corrected chi connectivity index (χ2v) is 7.18. The summed E-state index contributed by atoms with van der Waals surface area (Å²) in [5, 5.41) is 2.87. The van der Waals surface area contributed by atoms with Crippen molar-refractivity contribution in [1.29, 1.82) is 0 Å². The van der Waals surface area contributed by atoms with E-state index in [1.54, 1.807) is 24.3 Å². The highest BCUT2D eigenvalue weighted by Gasteiger charge is 2.24. The molecule has 5 nitrogen and oxygen atoms in total. The zero-order valence-electron chi connectivity index (χ0n) is 16.9. The Morgan fingerprint density at radius 3 is 2.29 bits per heavy atom. The summed E-state index contributed by atoms with van der Waals surface area (Å²) in [6, 6.07) is 14.7. The molecule has 0 radical (unpaired) electrons. The van der Waals surface area contributed by atoms with Crippen molar-refractivity contribution in [2.45, 2.75) is 33.2 Å². The van der Waals surface area contributed by atoms with Crippen molar-refractivity contribution in [3.63, 3.8) is 0 Å². The fourth-order valence-electron chi connectivity index (χ4n) is 2.62. The number of alkyl carbamates (subject to hydrolysis) is 1. The number of hydrogen-bond donors (Lipinski definition) is 1. The molecule has 1 N–H and O–H groups in total. The summed E-state index contributed by atoms with van der Waals surface area (Å²) in [6.45, 7) is 11.6. The molecule has 5 heteroatoms. The molecule has 0 saturated heterocycles. The summed E-state index contributed by atoms with van der Waals surface area (Å²) >= 11 is 0. The number of carbonyl (C=O) groups excluding carboxylic acids is 2. The van der Waals surface area contributed by atoms with Gasteiger partial charge in [0.15, 0.2) is 5.78 Å². The first-order valence-electron chi connectivity index (χ1n) is 9.14. The zero-order chi connectivity index (χ0) is 20.7. The maximum Gasteiger partial charge on any atom is 0.407 e. The van der Waals surface area contributed by atoms with Crippen molar-refractivity contribution >= 4 is 17.4 Å². The Bertz CT molecular complexity index is 853. The molecule has 0 saturated carbocycles. The number of amides is 1. The molecule has 2 rings (SSSR count). The summed E-state index contributed by atoms with van der Waals surface area (Å²) in [4.78, 5) is 23.4. The lowest BCUT2D eigenvalue weighted by Gasteiger charge is -2.27. The highest BCUT2D eigenvalue weighted by molar-refractivity contribution is 5.94. The van der Waals surface area contributed by atoms with Gasteiger partial charge in [-0.3, -0.25) is 4.79 Å². The van der Waals surface area contributed by atoms with Gasteiger partial charge in [0, 0.05) is 5.56 Å². The Labute approximate surface area is 166 Å². The standard InChI is InChI=1S/C23H27NO4/c1-16(2)19-7-6-8-20(15-19)23(4,5)24-22(26)28-14-13-27-21-11-9-18(10-12-21)17(3)25/h6-12,15H,1,13-14H2,2-5H3,(H,24,26). The third-order valence-electron chi connectivity index (χ3n) is 4.34. The van der Waals surface area contributed by atoms with E-state index >= 15 is 0 Å². The lowest BCUT2D eigenvalue weighted by atomic mass is 9.92. The number of carbonyl (C=O) groups is 2. The van der Waals surface area contributed by atoms with Crippen LogP contribution >= 0.6 is 0 Å². The molecule has 28 heavy (non-hydrogen) atoms. The van der Waals surface area contributed by atoms with Crippen LogP contribution in [-0.2, 0) is 10.3 Å². The highest BCUT2D eigenvalue weighted by atomic mass is 16.6. The fourth-order valence-corrected chi connectivity index (χ4v) is 2.62. The van der Waals surface area contributed by atoms with E-state index in [0.717, 1.165) is 16.7 Å². The van der Waals surface area contributed by atoms with Crippen molar-refractivity contribution in [2.24, 2.45) is 0 Å². The van der Waals surface area contributed by atoms with Gasteiger partial charge in [-0.15, -0.1) is 0 Å². The molecule has 0 spiro atoms. The lowest BCUT2D eigenvalue weighted by Crippen LogP contribution is -2.41. The molecule has 0 atom stereocenters. The molecule has 2 aromatic carbocycles. The Kier molecular flexibility index (Phi) is 6.99. The number of benzene rings is 2. The molecule has 0 bridgehead atoms. The van der Waals surface area contributed by atoms with E-state index in [0.29, 0.717) is 11.3 Å². The quantitative estimate of drug-likeness (QED) is 0.518. The highest BCUT2D eigenvalue weighted by Crippen LogP contribution is 2.23. The van der Waals surface area contributed by atoms with Crippen molar-refractivity contribution in [1.82, 2.24) is 5.32 Å². The number of allylic oxidation sites excluding steroid dienone is 1. The van der Waals surface area contributed by atoms with Crippen molar-refractivity contribution in [3.8, 4) is 5.75 Å². The van der Waals surface area contributed by atoms with Crippen LogP contribution < -0.4 is 10.1 Å². The summed E-state index contributed by atoms with van der Waals surface area (Å²) in [6.07, 6.45) is -0.513. The number of ether oxygens (including phenoxy) is 2. The van der Waals surface area contributed by atoms with E-state index in [-0.39, 0.29) is 19.0 Å². The van der Waals surface area contributed by atoms with Crippen LogP contribution in [-0.4, -0.2) is 25.1 Å². The fraction of sp³-hybridized carbons (Fsp3) is 0.304. The number of ketones is 1. The van der Waals surface area contributed by atoms with Gasteiger partial charge in [0.1, 0.15) is 19.0 Å². The first-order chi connectivity index (χ1) is 13.2. The molecule has 0 aromatic heterocycles. The first kappa shape index (κ1) is 21.2. The third kappa shape index (κ3) is 5.98. The van der Waals surface area contributed by atoms with Crippen molar-refractivity contribution in [3.05, 3.63) is 71.8 Å². The minimum absolute atomic E-state index is 0.00274. The summed E-state index contributed by atoms with van der Waals surface area (Å²) in [5.41, 5.74) is 3.00. The van der Waals surface area contributed by atoms with Crippen LogP contribution in [0, 0.1) is 0 Å². The van der Waals surface area contributed by atoms with Crippen LogP contribution in [0.3, 0.4) is 0 Å². The Balaban J connectivity index is 1.82. The first-order valence-corrected chi connectivity index (χ1v) is 9.14. The smallest absolute Gasteiger partial charge is 0.407 e. The minimum atomic E-state index is -0.591. The molecule has 0 aliphatic carbocycles. The van der Waals surface area contributed by atoms with E-state index in [1.807, 2.05) is 45.0 Å². The maximum absolute atomic E-state index is 12.1. The van der Waals surface area contributed by atoms with Gasteiger partial charge < -0.3 is 14.8 Å². The molecule has 1 amide bonds. The average Bonchev–Trinajstić information content (AvgIpc) is 2.65. The largest absolute Gasteiger partial charge is 0.490 e. The molecular weight excluding hydrogens is 354 g/mol. The Morgan fingerprint density at radius 2 is 1.68 bits per heavy atom. The number of hydrogen-bond acceptors (Lipinski definition) is 4. The zero-order valence-corrected chi connectivity index (χ0v) is 16.9. The molecule has 0 heterocycles. The van der Waals surface area contributed by atoms with Crippen LogP contribution in [0.25, 0.3) is 5.57 Å². The third-order valence-corrected chi connectivity index (χ3v) is 4.34. The molecule has 148 valence electrons. The van der Waals surface area contributed by atoms with Gasteiger partial charge in [-0.1, -0.05) is 30.4 Å². The SMILES string of the molecule is C=C(C)c1cccc(C(C)(C)NC(=O)OCCOc2ccc(C(C)=O)cc2)c1. The summed E-state index contributed by atoms with van der Waals surface area (Å²) in [5.74, 6) is 0.619. The summed E-state index contributed by atoms with van der Waals surface area (Å²) in [7, 11) is 0. The van der Waals surface area contributed by atoms with E-state index < -0.39 is 11.6 Å². The predicted octanol–water partition coefficient (Wildman–Crippen LogP) is 4.96. The number of rotatable bonds is 8. The maximum atomic E-state index is 12.1. The molecule has 0 fully saturated rings. The van der Waals surface area contributed by atoms with Crippen LogP contribution in [0.5, 0.6) is 5.75 Å². The predicted molar refractivity (Wildman–Crippen MR) is 111 cm³/mol. The van der Waals surface area contributed by atoms with Gasteiger partial charge >= 0.3 is 6.09 Å². The molecule has 2 aromatic rings. The van der Waals surface area contributed by atoms with E-state index in [4.69, 9.17) is 9.47 Å². The monoisotopic (exact) mass is 381 g/mol. The average molecular weight is 381 g/mol. The number of Topliss-reactive ketones (excluding diaryl/α,β-unsaturated/α-hetero) is 1. The van der Waals surface area contributed by atoms with Gasteiger partial charge in [-0.25, -0.2) is 4.79 Å². The second-order valence-electron chi connectivity index (χ2n) is 7.18. The van der Waals surface area contributed by atoms with Gasteiger partial charge in [0.25, 0.3) is 0 Å². The van der Waals surface area contributed by atoms with Gasteiger partial charge in [0.05, 0.1) is 5.54 Å². The molecule has 0 unspecified atom stereocenters. The Morgan fingerprint density at radius 1 is 1.00 bits per heavy atom. The summed E-state index contributed by atoms with van der Waals surface area (Å²) < 4.78 is 10.7. The van der Waals surface area contributed by atoms with E-state index in [1.165, 1.54) is 6.92 Å². The molecule has 0 aliphatic heterocycles. The second kappa shape index (κ2) is 9.22. The van der Waals surface area contributed by atoms with Crippen LogP contribution in [0.4, 0.5) is 4.79 Å². The van der Waals surface area contributed by atoms with Gasteiger partial charge in [-0.05, 0) is 69.2 Å². The van der Waals surface area contributed by atoms with Crippen LogP contribution in [0.2, 0.25) is 0 Å². The Hall–Kier alpha value is -3.08. The number of nitrogens with one attached hydrogen (secondary N) is 1. The van der Waals surface area contributed by atoms with Gasteiger partial charge in [0.2, 0.25) is 0 Å². The van der Waals surface area contributed by atoms with E-state index in [9.17, 15) is 9.59 Å². The van der Waals surface area contributed by atoms with Crippen LogP contribution in [0.1, 0.15) is 49.2 Å². The van der Waals surface area contributed by atoms with Gasteiger partial charge in [-0.2, -0.15) is 0 Å². The lowest BCUT2D eigenvalue weighted by molar-refractivity contribution is 0.101. The van der Waals surface area contributed by atoms with E-state index in [2.05, 4.69) is 11.9 Å². The molecular formula is C23H27NO4. The topological polar surface area (TPSA) is 64.6 Å². The van der Waals surface area contributed by atoms with Crippen molar-refractivity contribution in [2.75, 3.05) is 13.2 Å². The normalized spacial score (nSPS) is 10.9.